The fourth-order valence-corrected chi connectivity index (χ4v) is 5.42. The lowest BCUT2D eigenvalue weighted by Gasteiger charge is -2.34. The molecular weight excluding hydrogens is 472 g/mol. The Hall–Kier alpha value is -1.94. The summed E-state index contributed by atoms with van der Waals surface area (Å²) < 4.78 is 39.1. The van der Waals surface area contributed by atoms with Crippen LogP contribution in [0.2, 0.25) is 0 Å². The number of morpholine rings is 1. The number of rotatable bonds is 6. The zero-order chi connectivity index (χ0) is 21.9. The molecule has 0 aromatic heterocycles. The molecule has 0 bridgehead atoms. The van der Waals surface area contributed by atoms with Gasteiger partial charge in [0.2, 0.25) is 10.0 Å². The van der Waals surface area contributed by atoms with Gasteiger partial charge in [0.15, 0.2) is 0 Å². The van der Waals surface area contributed by atoms with Crippen molar-refractivity contribution >= 4 is 31.9 Å². The maximum atomic E-state index is 12.9. The number of hydrogen-bond acceptors (Lipinski definition) is 5. The Balaban J connectivity index is 1.69. The first-order valence-electron chi connectivity index (χ1n) is 9.57. The summed E-state index contributed by atoms with van der Waals surface area (Å²) in [5.74, 6) is 0.378. The Morgan fingerprint density at radius 2 is 1.80 bits per heavy atom. The van der Waals surface area contributed by atoms with Crippen molar-refractivity contribution in [3.05, 3.63) is 58.1 Å². The molecule has 3 rings (SSSR count). The second-order valence-electron chi connectivity index (χ2n) is 7.24. The van der Waals surface area contributed by atoms with Crippen molar-refractivity contribution in [1.29, 1.82) is 0 Å². The van der Waals surface area contributed by atoms with Gasteiger partial charge in [0.1, 0.15) is 5.75 Å². The minimum atomic E-state index is -3.64. The van der Waals surface area contributed by atoms with Crippen molar-refractivity contribution in [3.63, 3.8) is 0 Å². The molecule has 2 unspecified atom stereocenters. The predicted molar refractivity (Wildman–Crippen MR) is 117 cm³/mol. The van der Waals surface area contributed by atoms with Crippen LogP contribution in [-0.4, -0.2) is 51.0 Å². The summed E-state index contributed by atoms with van der Waals surface area (Å²) in [7, 11) is -2.07. The van der Waals surface area contributed by atoms with Crippen LogP contribution >= 0.6 is 15.9 Å². The number of nitrogens with one attached hydrogen (secondary N) is 1. The molecule has 7 nitrogen and oxygen atoms in total. The number of nitrogens with zero attached hydrogens (tertiary/aromatic N) is 1. The van der Waals surface area contributed by atoms with E-state index in [1.807, 2.05) is 32.0 Å². The van der Waals surface area contributed by atoms with Crippen molar-refractivity contribution in [2.24, 2.45) is 0 Å². The van der Waals surface area contributed by atoms with E-state index in [1.165, 1.54) is 28.6 Å². The fourth-order valence-electron chi connectivity index (χ4n) is 3.42. The van der Waals surface area contributed by atoms with E-state index in [0.29, 0.717) is 24.4 Å². The highest BCUT2D eigenvalue weighted by Gasteiger charge is 2.32. The molecule has 1 heterocycles. The quantitative estimate of drug-likeness (QED) is 0.663. The largest absolute Gasteiger partial charge is 0.496 e. The van der Waals surface area contributed by atoms with Crippen LogP contribution in [0.25, 0.3) is 0 Å². The van der Waals surface area contributed by atoms with Gasteiger partial charge in [-0.25, -0.2) is 8.42 Å². The topological polar surface area (TPSA) is 84.9 Å². The van der Waals surface area contributed by atoms with E-state index in [2.05, 4.69) is 21.2 Å². The molecule has 2 aromatic rings. The Kier molecular flexibility index (Phi) is 7.18. The maximum absolute atomic E-state index is 12.9. The molecule has 1 amide bonds. The van der Waals surface area contributed by atoms with Crippen LogP contribution in [0.3, 0.4) is 0 Å². The molecule has 1 aliphatic heterocycles. The lowest BCUT2D eigenvalue weighted by atomic mass is 10.1. The van der Waals surface area contributed by atoms with Gasteiger partial charge in [-0.2, -0.15) is 4.31 Å². The molecule has 162 valence electrons. The molecule has 0 radical (unpaired) electrons. The summed E-state index contributed by atoms with van der Waals surface area (Å²) in [6.45, 7) is 4.61. The minimum absolute atomic E-state index is 0.161. The molecule has 0 saturated carbocycles. The van der Waals surface area contributed by atoms with E-state index < -0.39 is 10.0 Å². The number of hydrogen-bond donors (Lipinski definition) is 1. The van der Waals surface area contributed by atoms with E-state index >= 15 is 0 Å². The van der Waals surface area contributed by atoms with Crippen LogP contribution in [0.4, 0.5) is 0 Å². The van der Waals surface area contributed by atoms with Crippen LogP contribution < -0.4 is 10.1 Å². The van der Waals surface area contributed by atoms with Gasteiger partial charge in [-0.3, -0.25) is 4.79 Å². The predicted octanol–water partition coefficient (Wildman–Crippen LogP) is 3.19. The molecule has 1 saturated heterocycles. The van der Waals surface area contributed by atoms with Gasteiger partial charge in [-0.05, 0) is 56.3 Å². The molecule has 1 N–H and O–H groups in total. The number of ether oxygens (including phenoxy) is 2. The lowest BCUT2D eigenvalue weighted by Crippen LogP contribution is -2.48. The van der Waals surface area contributed by atoms with E-state index in [9.17, 15) is 13.2 Å². The third-order valence-electron chi connectivity index (χ3n) is 4.82. The van der Waals surface area contributed by atoms with Crippen LogP contribution in [0.15, 0.2) is 51.8 Å². The maximum Gasteiger partial charge on any atom is 0.251 e. The fraction of sp³-hybridized carbons (Fsp3) is 0.381. The third-order valence-corrected chi connectivity index (χ3v) is 7.16. The second-order valence-corrected chi connectivity index (χ2v) is 10.1. The van der Waals surface area contributed by atoms with Gasteiger partial charge >= 0.3 is 0 Å². The first kappa shape index (κ1) is 22.7. The van der Waals surface area contributed by atoms with Crippen LogP contribution in [0.5, 0.6) is 5.75 Å². The number of halogens is 1. The number of amides is 1. The summed E-state index contributed by atoms with van der Waals surface area (Å²) in [5, 5.41) is 2.83. The average Bonchev–Trinajstić information content (AvgIpc) is 2.71. The van der Waals surface area contributed by atoms with Crippen molar-refractivity contribution in [3.8, 4) is 5.75 Å². The van der Waals surface area contributed by atoms with Gasteiger partial charge in [-0.1, -0.05) is 15.9 Å². The summed E-state index contributed by atoms with van der Waals surface area (Å²) >= 11 is 3.41. The van der Waals surface area contributed by atoms with Gasteiger partial charge < -0.3 is 14.8 Å². The monoisotopic (exact) mass is 496 g/mol. The molecule has 30 heavy (non-hydrogen) atoms. The normalized spacial score (nSPS) is 20.0. The van der Waals surface area contributed by atoms with Crippen molar-refractivity contribution in [2.75, 3.05) is 20.2 Å². The number of methoxy groups -OCH3 is 1. The van der Waals surface area contributed by atoms with E-state index in [1.54, 1.807) is 7.11 Å². The number of benzene rings is 2. The Bertz CT molecular complexity index is 1000. The first-order chi connectivity index (χ1) is 14.2. The van der Waals surface area contributed by atoms with E-state index in [0.717, 1.165) is 10.0 Å². The van der Waals surface area contributed by atoms with E-state index in [-0.39, 0.29) is 29.6 Å². The summed E-state index contributed by atoms with van der Waals surface area (Å²) in [6.07, 6.45) is -0.327. The summed E-state index contributed by atoms with van der Waals surface area (Å²) in [4.78, 5) is 12.7. The van der Waals surface area contributed by atoms with Gasteiger partial charge in [0.05, 0.1) is 24.2 Å². The lowest BCUT2D eigenvalue weighted by molar-refractivity contribution is -0.0440. The smallest absolute Gasteiger partial charge is 0.251 e. The Morgan fingerprint density at radius 1 is 1.17 bits per heavy atom. The third kappa shape index (κ3) is 5.21. The zero-order valence-electron chi connectivity index (χ0n) is 17.1. The van der Waals surface area contributed by atoms with Crippen molar-refractivity contribution in [1.82, 2.24) is 9.62 Å². The molecule has 0 aliphatic carbocycles. The summed E-state index contributed by atoms with van der Waals surface area (Å²) in [6, 6.07) is 11.5. The van der Waals surface area contributed by atoms with Crippen LogP contribution in [0.1, 0.15) is 29.8 Å². The minimum Gasteiger partial charge on any atom is -0.496 e. The Labute approximate surface area is 185 Å². The standard InChI is InChI=1S/C21H25BrN2O5S/c1-14-12-24(13-15(2)29-14)30(26,27)19-7-4-16(5-8-19)21(25)23-11-17-10-18(22)6-9-20(17)28-3/h4-10,14-15H,11-13H2,1-3H3,(H,23,25). The van der Waals surface area contributed by atoms with Gasteiger partial charge in [0.25, 0.3) is 5.91 Å². The zero-order valence-corrected chi connectivity index (χ0v) is 19.5. The second kappa shape index (κ2) is 9.47. The molecule has 9 heteroatoms. The SMILES string of the molecule is COc1ccc(Br)cc1CNC(=O)c1ccc(S(=O)(=O)N2CC(C)OC(C)C2)cc1. The van der Waals surface area contributed by atoms with Gasteiger partial charge in [-0.15, -0.1) is 0 Å². The molecule has 2 aromatic carbocycles. The van der Waals surface area contributed by atoms with Gasteiger partial charge in [0, 0.05) is 35.2 Å². The average molecular weight is 497 g/mol. The number of carbonyl (C=O) groups is 1. The summed E-state index contributed by atoms with van der Waals surface area (Å²) in [5.41, 5.74) is 1.21. The van der Waals surface area contributed by atoms with Crippen molar-refractivity contribution in [2.45, 2.75) is 37.5 Å². The van der Waals surface area contributed by atoms with E-state index in [4.69, 9.17) is 9.47 Å². The Morgan fingerprint density at radius 3 is 2.40 bits per heavy atom. The molecule has 2 atom stereocenters. The molecular formula is C21H25BrN2O5S. The molecule has 1 aliphatic rings. The highest BCUT2D eigenvalue weighted by atomic mass is 79.9. The highest BCUT2D eigenvalue weighted by Crippen LogP contribution is 2.24. The van der Waals surface area contributed by atoms with Crippen molar-refractivity contribution < 1.29 is 22.7 Å². The molecule has 0 spiro atoms. The number of carbonyl (C=O) groups excluding carboxylic acids is 1. The molecule has 1 fully saturated rings. The number of sulfonamides is 1. The first-order valence-corrected chi connectivity index (χ1v) is 11.8. The van der Waals surface area contributed by atoms with Crippen LogP contribution in [0, 0.1) is 0 Å². The van der Waals surface area contributed by atoms with Crippen LogP contribution in [-0.2, 0) is 21.3 Å². The highest BCUT2D eigenvalue weighted by molar-refractivity contribution is 9.10.